The van der Waals surface area contributed by atoms with Gasteiger partial charge in [0.2, 0.25) is 0 Å². The van der Waals surface area contributed by atoms with Crippen LogP contribution in [0.2, 0.25) is 0 Å². The molecule has 0 spiro atoms. The van der Waals surface area contributed by atoms with E-state index in [0.29, 0.717) is 6.42 Å². The Labute approximate surface area is 202 Å². The van der Waals surface area contributed by atoms with Crippen LogP contribution in [0.25, 0.3) is 0 Å². The number of esters is 1. The fraction of sp³-hybridized carbons (Fsp3) is 0.310. The number of ether oxygens (including phenoxy) is 1. The lowest BCUT2D eigenvalue weighted by Gasteiger charge is -2.29. The summed E-state index contributed by atoms with van der Waals surface area (Å²) in [5.41, 5.74) is 2.17. The molecular weight excluding hydrogens is 426 g/mol. The lowest BCUT2D eigenvalue weighted by molar-refractivity contribution is -0.156. The third-order valence-corrected chi connectivity index (χ3v) is 6.11. The van der Waals surface area contributed by atoms with Gasteiger partial charge in [-0.3, -0.25) is 4.99 Å². The van der Waals surface area contributed by atoms with Crippen LogP contribution < -0.4 is 0 Å². The number of nitrogens with zero attached hydrogens (tertiary/aromatic N) is 1. The van der Waals surface area contributed by atoms with Gasteiger partial charge in [-0.25, -0.2) is 4.79 Å². The topological polar surface area (TPSA) is 38.7 Å². The molecule has 3 aromatic carbocycles. The third-order valence-electron chi connectivity index (χ3n) is 4.88. The number of hydrogen-bond acceptors (Lipinski definition) is 4. The minimum Gasteiger partial charge on any atom is -0.458 e. The number of thioether (sulfide) groups is 1. The molecule has 3 rings (SSSR count). The van der Waals surface area contributed by atoms with Crippen molar-refractivity contribution in [2.45, 2.75) is 62.3 Å². The van der Waals surface area contributed by atoms with E-state index in [9.17, 15) is 4.79 Å². The minimum absolute atomic E-state index is 0.231. The smallest absolute Gasteiger partial charge is 0.331 e. The molecule has 0 N–H and O–H groups in total. The van der Waals surface area contributed by atoms with Crippen molar-refractivity contribution in [2.24, 2.45) is 4.99 Å². The number of benzene rings is 3. The molecule has 0 bridgehead atoms. The van der Waals surface area contributed by atoms with Gasteiger partial charge in [-0.15, -0.1) is 11.8 Å². The molecule has 3 aromatic rings. The second kappa shape index (κ2) is 10.8. The van der Waals surface area contributed by atoms with Crippen LogP contribution in [0.5, 0.6) is 0 Å². The predicted molar refractivity (Wildman–Crippen MR) is 139 cm³/mol. The summed E-state index contributed by atoms with van der Waals surface area (Å²) in [6.45, 7) is 9.99. The Morgan fingerprint density at radius 2 is 1.24 bits per heavy atom. The van der Waals surface area contributed by atoms with Crippen LogP contribution in [-0.4, -0.2) is 28.1 Å². The molecule has 0 radical (unpaired) electrons. The number of carbonyl (C=O) groups excluding carboxylic acids is 1. The standard InChI is InChI=1S/C29H33NO2S/c1-28(2,3)32-27(31)25(21-29(4,5)33-24-19-13-8-14-20-24)30-26(22-15-9-6-10-16-22)23-17-11-7-12-18-23/h6-20,25H,21H2,1-5H3/t25-/m0/s1. The summed E-state index contributed by atoms with van der Waals surface area (Å²) in [5, 5.41) is 0. The molecule has 33 heavy (non-hydrogen) atoms. The summed E-state index contributed by atoms with van der Waals surface area (Å²) in [5.74, 6) is -0.298. The zero-order valence-corrected chi connectivity index (χ0v) is 20.9. The molecule has 0 saturated carbocycles. The first-order valence-corrected chi connectivity index (χ1v) is 12.1. The van der Waals surface area contributed by atoms with E-state index in [0.717, 1.165) is 16.8 Å². The molecule has 0 fully saturated rings. The first-order chi connectivity index (χ1) is 15.6. The van der Waals surface area contributed by atoms with Crippen LogP contribution in [0.3, 0.4) is 0 Å². The summed E-state index contributed by atoms with van der Waals surface area (Å²) in [6, 6.07) is 29.7. The number of aliphatic imine (C=N–C) groups is 1. The Morgan fingerprint density at radius 1 is 0.788 bits per heavy atom. The van der Waals surface area contributed by atoms with Crippen molar-refractivity contribution in [1.29, 1.82) is 0 Å². The summed E-state index contributed by atoms with van der Waals surface area (Å²) in [7, 11) is 0. The SMILES string of the molecule is CC(C)(C)OC(=O)[C@H](CC(C)(C)Sc1ccccc1)N=C(c1ccccc1)c1ccccc1. The highest BCUT2D eigenvalue weighted by atomic mass is 32.2. The first-order valence-electron chi connectivity index (χ1n) is 11.3. The molecule has 0 amide bonds. The Bertz CT molecular complexity index is 1010. The molecule has 0 unspecified atom stereocenters. The van der Waals surface area contributed by atoms with E-state index in [1.165, 1.54) is 4.90 Å². The van der Waals surface area contributed by atoms with Crippen molar-refractivity contribution in [3.8, 4) is 0 Å². The molecule has 172 valence electrons. The van der Waals surface area contributed by atoms with Crippen molar-refractivity contribution in [3.05, 3.63) is 102 Å². The zero-order valence-electron chi connectivity index (χ0n) is 20.1. The fourth-order valence-corrected chi connectivity index (χ4v) is 4.70. The Balaban J connectivity index is 2.01. The van der Waals surface area contributed by atoms with Crippen molar-refractivity contribution < 1.29 is 9.53 Å². The molecule has 0 aliphatic rings. The van der Waals surface area contributed by atoms with E-state index >= 15 is 0 Å². The molecule has 0 aliphatic carbocycles. The Hall–Kier alpha value is -2.85. The second-order valence-electron chi connectivity index (χ2n) is 9.64. The lowest BCUT2D eigenvalue weighted by atomic mass is 9.99. The van der Waals surface area contributed by atoms with Crippen molar-refractivity contribution in [3.63, 3.8) is 0 Å². The molecular formula is C29H33NO2S. The maximum Gasteiger partial charge on any atom is 0.331 e. The summed E-state index contributed by atoms with van der Waals surface area (Å²) in [6.07, 6.45) is 0.546. The van der Waals surface area contributed by atoms with E-state index in [1.54, 1.807) is 11.8 Å². The molecule has 0 aliphatic heterocycles. The van der Waals surface area contributed by atoms with Crippen LogP contribution in [0.1, 0.15) is 52.2 Å². The van der Waals surface area contributed by atoms with Crippen LogP contribution in [-0.2, 0) is 9.53 Å². The van der Waals surface area contributed by atoms with Crippen molar-refractivity contribution in [2.75, 3.05) is 0 Å². The third kappa shape index (κ3) is 7.90. The molecule has 4 heteroatoms. The van der Waals surface area contributed by atoms with Gasteiger partial charge in [0.05, 0.1) is 5.71 Å². The van der Waals surface area contributed by atoms with Gasteiger partial charge in [-0.2, -0.15) is 0 Å². The van der Waals surface area contributed by atoms with Crippen LogP contribution in [0.15, 0.2) is 101 Å². The van der Waals surface area contributed by atoms with Gasteiger partial charge < -0.3 is 4.74 Å². The molecule has 0 aromatic heterocycles. The maximum absolute atomic E-state index is 13.3. The maximum atomic E-state index is 13.3. The van der Waals surface area contributed by atoms with Gasteiger partial charge in [0, 0.05) is 20.8 Å². The minimum atomic E-state index is -0.633. The Kier molecular flexibility index (Phi) is 8.15. The largest absolute Gasteiger partial charge is 0.458 e. The first kappa shape index (κ1) is 24.8. The van der Waals surface area contributed by atoms with Crippen LogP contribution in [0.4, 0.5) is 0 Å². The van der Waals surface area contributed by atoms with Gasteiger partial charge >= 0.3 is 5.97 Å². The zero-order chi connectivity index (χ0) is 23.9. The van der Waals surface area contributed by atoms with Gasteiger partial charge in [0.1, 0.15) is 11.6 Å². The monoisotopic (exact) mass is 459 g/mol. The molecule has 3 nitrogen and oxygen atoms in total. The quantitative estimate of drug-likeness (QED) is 0.203. The van der Waals surface area contributed by atoms with Gasteiger partial charge in [0.25, 0.3) is 0 Å². The van der Waals surface area contributed by atoms with E-state index in [1.807, 2.05) is 99.6 Å². The highest BCUT2D eigenvalue weighted by Crippen LogP contribution is 2.37. The highest BCUT2D eigenvalue weighted by molar-refractivity contribution is 8.00. The fourth-order valence-electron chi connectivity index (χ4n) is 3.53. The summed E-state index contributed by atoms with van der Waals surface area (Å²) < 4.78 is 5.58. The molecule has 0 heterocycles. The Morgan fingerprint density at radius 3 is 1.70 bits per heavy atom. The van der Waals surface area contributed by atoms with E-state index in [2.05, 4.69) is 26.0 Å². The predicted octanol–water partition coefficient (Wildman–Crippen LogP) is 7.20. The van der Waals surface area contributed by atoms with E-state index in [-0.39, 0.29) is 10.7 Å². The lowest BCUT2D eigenvalue weighted by Crippen LogP contribution is -2.35. The highest BCUT2D eigenvalue weighted by Gasteiger charge is 2.32. The van der Waals surface area contributed by atoms with Gasteiger partial charge in [-0.1, -0.05) is 92.7 Å². The van der Waals surface area contributed by atoms with E-state index < -0.39 is 11.6 Å². The number of carbonyl (C=O) groups is 1. The van der Waals surface area contributed by atoms with Gasteiger partial charge in [-0.05, 0) is 39.3 Å². The van der Waals surface area contributed by atoms with Crippen LogP contribution in [0, 0.1) is 0 Å². The summed E-state index contributed by atoms with van der Waals surface area (Å²) in [4.78, 5) is 19.6. The molecule has 0 saturated heterocycles. The average molecular weight is 460 g/mol. The van der Waals surface area contributed by atoms with E-state index in [4.69, 9.17) is 9.73 Å². The summed E-state index contributed by atoms with van der Waals surface area (Å²) >= 11 is 1.75. The average Bonchev–Trinajstić information content (AvgIpc) is 2.77. The van der Waals surface area contributed by atoms with Crippen molar-refractivity contribution >= 4 is 23.4 Å². The van der Waals surface area contributed by atoms with Crippen molar-refractivity contribution in [1.82, 2.24) is 0 Å². The van der Waals surface area contributed by atoms with Crippen LogP contribution >= 0.6 is 11.8 Å². The number of hydrogen-bond donors (Lipinski definition) is 0. The molecule has 1 atom stereocenters. The second-order valence-corrected chi connectivity index (χ2v) is 11.4. The number of rotatable bonds is 8. The normalized spacial score (nSPS) is 12.6. The van der Waals surface area contributed by atoms with Gasteiger partial charge in [0.15, 0.2) is 0 Å².